The lowest BCUT2D eigenvalue weighted by Crippen LogP contribution is -2.29. The highest BCUT2D eigenvalue weighted by Crippen LogP contribution is 2.30. The number of hydrogen-bond donors (Lipinski definition) is 3. The van der Waals surface area contributed by atoms with Gasteiger partial charge in [0.1, 0.15) is 5.82 Å². The molecule has 30 heavy (non-hydrogen) atoms. The molecule has 1 aromatic carbocycles. The Balaban J connectivity index is 1.32. The normalized spacial score (nSPS) is 15.8. The number of hydrogen-bond acceptors (Lipinski definition) is 4. The topological polar surface area (TPSA) is 66.0 Å². The van der Waals surface area contributed by atoms with E-state index in [0.29, 0.717) is 18.4 Å². The van der Waals surface area contributed by atoms with Crippen LogP contribution in [0.1, 0.15) is 51.0 Å². The maximum Gasteiger partial charge on any atom is 0.325 e. The summed E-state index contributed by atoms with van der Waals surface area (Å²) in [6, 6.07) is 14.2. The maximum absolute atomic E-state index is 12.5. The number of nitrogens with zero attached hydrogens (tertiary/aromatic N) is 1. The summed E-state index contributed by atoms with van der Waals surface area (Å²) in [4.78, 5) is 16.9. The SMILES string of the molecule is CC(CC1CCCCC1)NCc1cccnc1NC(=O)Nc1cc2ccccc2s1. The van der Waals surface area contributed by atoms with Gasteiger partial charge < -0.3 is 5.32 Å². The van der Waals surface area contributed by atoms with Crippen molar-refractivity contribution in [3.8, 4) is 0 Å². The fourth-order valence-corrected chi connectivity index (χ4v) is 5.24. The van der Waals surface area contributed by atoms with Crippen molar-refractivity contribution in [3.63, 3.8) is 0 Å². The number of thiophene rings is 1. The first kappa shape index (κ1) is 20.8. The van der Waals surface area contributed by atoms with Crippen LogP contribution in [0.5, 0.6) is 0 Å². The minimum absolute atomic E-state index is 0.267. The zero-order valence-corrected chi connectivity index (χ0v) is 18.3. The molecule has 1 aliphatic carbocycles. The molecular formula is C24H30N4OS. The molecule has 6 heteroatoms. The second-order valence-electron chi connectivity index (χ2n) is 8.26. The minimum atomic E-state index is -0.267. The van der Waals surface area contributed by atoms with Crippen molar-refractivity contribution in [3.05, 3.63) is 54.2 Å². The Morgan fingerprint density at radius 2 is 1.97 bits per heavy atom. The van der Waals surface area contributed by atoms with Crippen molar-refractivity contribution in [1.29, 1.82) is 0 Å². The summed E-state index contributed by atoms with van der Waals surface area (Å²) in [5.41, 5.74) is 1.000. The standard InChI is InChI=1S/C24H30N4OS/c1-17(14-18-8-3-2-4-9-18)26-16-20-11-7-13-25-23(20)28-24(29)27-22-15-19-10-5-6-12-21(19)30-22/h5-7,10-13,15,17-18,26H,2-4,8-9,14,16H2,1H3,(H2,25,27,28,29). The average Bonchev–Trinajstić information content (AvgIpc) is 3.16. The van der Waals surface area contributed by atoms with Gasteiger partial charge in [-0.3, -0.25) is 10.6 Å². The van der Waals surface area contributed by atoms with Gasteiger partial charge in [0.05, 0.1) is 5.00 Å². The fraction of sp³-hybridized carbons (Fsp3) is 0.417. The van der Waals surface area contributed by atoms with Crippen LogP contribution in [0.15, 0.2) is 48.7 Å². The molecule has 1 saturated carbocycles. The van der Waals surface area contributed by atoms with Crippen LogP contribution in [0, 0.1) is 5.92 Å². The Kier molecular flexibility index (Phi) is 6.97. The number of amides is 2. The number of carbonyl (C=O) groups is 1. The maximum atomic E-state index is 12.5. The third kappa shape index (κ3) is 5.58. The van der Waals surface area contributed by atoms with Crippen LogP contribution in [0.3, 0.4) is 0 Å². The van der Waals surface area contributed by atoms with Gasteiger partial charge in [-0.15, -0.1) is 11.3 Å². The van der Waals surface area contributed by atoms with Gasteiger partial charge in [0.25, 0.3) is 0 Å². The molecule has 0 bridgehead atoms. The van der Waals surface area contributed by atoms with E-state index in [9.17, 15) is 4.79 Å². The molecule has 1 unspecified atom stereocenters. The van der Waals surface area contributed by atoms with Crippen molar-refractivity contribution in [2.75, 3.05) is 10.6 Å². The first-order valence-corrected chi connectivity index (χ1v) is 11.7. The van der Waals surface area contributed by atoms with Crippen molar-refractivity contribution >= 4 is 38.3 Å². The summed E-state index contributed by atoms with van der Waals surface area (Å²) in [5, 5.41) is 11.4. The fourth-order valence-electron chi connectivity index (χ4n) is 4.28. The van der Waals surface area contributed by atoms with Gasteiger partial charge in [0.15, 0.2) is 0 Å². The second kappa shape index (κ2) is 10.0. The lowest BCUT2D eigenvalue weighted by Gasteiger charge is -2.25. The Bertz CT molecular complexity index is 947. The van der Waals surface area contributed by atoms with Gasteiger partial charge in [-0.2, -0.15) is 0 Å². The number of pyridine rings is 1. The summed E-state index contributed by atoms with van der Waals surface area (Å²) >= 11 is 1.57. The molecule has 2 aromatic heterocycles. The molecule has 1 atom stereocenters. The molecule has 158 valence electrons. The van der Waals surface area contributed by atoms with Crippen LogP contribution in [-0.4, -0.2) is 17.1 Å². The Morgan fingerprint density at radius 3 is 2.80 bits per heavy atom. The van der Waals surface area contributed by atoms with E-state index in [0.717, 1.165) is 26.6 Å². The molecule has 4 rings (SSSR count). The third-order valence-corrected chi connectivity index (χ3v) is 6.87. The largest absolute Gasteiger partial charge is 0.325 e. The van der Waals surface area contributed by atoms with Crippen LogP contribution >= 0.6 is 11.3 Å². The van der Waals surface area contributed by atoms with Crippen LogP contribution in [-0.2, 0) is 6.54 Å². The van der Waals surface area contributed by atoms with E-state index in [1.165, 1.54) is 38.5 Å². The molecule has 0 spiro atoms. The van der Waals surface area contributed by atoms with Gasteiger partial charge in [-0.05, 0) is 42.8 Å². The van der Waals surface area contributed by atoms with Gasteiger partial charge in [0.2, 0.25) is 0 Å². The molecule has 3 N–H and O–H groups in total. The van der Waals surface area contributed by atoms with E-state index in [2.05, 4.69) is 33.9 Å². The van der Waals surface area contributed by atoms with E-state index in [4.69, 9.17) is 0 Å². The molecule has 1 aliphatic rings. The van der Waals surface area contributed by atoms with Crippen LogP contribution in [0.2, 0.25) is 0 Å². The number of aromatic nitrogens is 1. The highest BCUT2D eigenvalue weighted by molar-refractivity contribution is 7.22. The van der Waals surface area contributed by atoms with Gasteiger partial charge in [-0.1, -0.05) is 56.4 Å². The molecule has 0 saturated heterocycles. The predicted molar refractivity (Wildman–Crippen MR) is 126 cm³/mol. The van der Waals surface area contributed by atoms with Crippen molar-refractivity contribution in [2.24, 2.45) is 5.92 Å². The summed E-state index contributed by atoms with van der Waals surface area (Å²) in [7, 11) is 0. The van der Waals surface area contributed by atoms with Crippen molar-refractivity contribution in [2.45, 2.75) is 58.0 Å². The van der Waals surface area contributed by atoms with E-state index in [1.807, 2.05) is 36.4 Å². The Labute approximate surface area is 182 Å². The quantitative estimate of drug-likeness (QED) is 0.413. The number of rotatable bonds is 7. The van der Waals surface area contributed by atoms with Crippen molar-refractivity contribution < 1.29 is 4.79 Å². The van der Waals surface area contributed by atoms with Gasteiger partial charge >= 0.3 is 6.03 Å². The first-order valence-electron chi connectivity index (χ1n) is 10.9. The number of carbonyl (C=O) groups excluding carboxylic acids is 1. The van der Waals surface area contributed by atoms with Crippen LogP contribution in [0.25, 0.3) is 10.1 Å². The monoisotopic (exact) mass is 422 g/mol. The number of urea groups is 1. The van der Waals surface area contributed by atoms with Gasteiger partial charge in [0, 0.05) is 29.0 Å². The zero-order chi connectivity index (χ0) is 20.8. The molecule has 2 amide bonds. The molecule has 1 fully saturated rings. The average molecular weight is 423 g/mol. The number of benzene rings is 1. The van der Waals surface area contributed by atoms with E-state index in [1.54, 1.807) is 17.5 Å². The molecule has 2 heterocycles. The highest BCUT2D eigenvalue weighted by Gasteiger charge is 2.17. The molecular weight excluding hydrogens is 392 g/mol. The molecule has 0 radical (unpaired) electrons. The lowest BCUT2D eigenvalue weighted by atomic mass is 9.85. The Morgan fingerprint density at radius 1 is 1.13 bits per heavy atom. The summed E-state index contributed by atoms with van der Waals surface area (Å²) in [5.74, 6) is 1.45. The zero-order valence-electron chi connectivity index (χ0n) is 17.5. The number of nitrogens with one attached hydrogen (secondary N) is 3. The highest BCUT2D eigenvalue weighted by atomic mass is 32.1. The van der Waals surface area contributed by atoms with E-state index in [-0.39, 0.29) is 6.03 Å². The smallest absolute Gasteiger partial charge is 0.310 e. The summed E-state index contributed by atoms with van der Waals surface area (Å²) in [6.07, 6.45) is 9.81. The third-order valence-electron chi connectivity index (χ3n) is 5.84. The minimum Gasteiger partial charge on any atom is -0.310 e. The Hall–Kier alpha value is -2.44. The predicted octanol–water partition coefficient (Wildman–Crippen LogP) is 6.39. The van der Waals surface area contributed by atoms with Gasteiger partial charge in [-0.25, -0.2) is 9.78 Å². The molecule has 0 aliphatic heterocycles. The number of anilines is 2. The summed E-state index contributed by atoms with van der Waals surface area (Å²) in [6.45, 7) is 2.95. The molecule has 3 aromatic rings. The van der Waals surface area contributed by atoms with E-state index >= 15 is 0 Å². The summed E-state index contributed by atoms with van der Waals surface area (Å²) < 4.78 is 1.16. The second-order valence-corrected chi connectivity index (χ2v) is 9.34. The van der Waals surface area contributed by atoms with Crippen LogP contribution < -0.4 is 16.0 Å². The number of fused-ring (bicyclic) bond motifs is 1. The first-order chi connectivity index (χ1) is 14.7. The lowest BCUT2D eigenvalue weighted by molar-refractivity contribution is 0.262. The van der Waals surface area contributed by atoms with Crippen LogP contribution in [0.4, 0.5) is 15.6 Å². The molecule has 5 nitrogen and oxygen atoms in total. The van der Waals surface area contributed by atoms with Crippen molar-refractivity contribution in [1.82, 2.24) is 10.3 Å². The van der Waals surface area contributed by atoms with E-state index < -0.39 is 0 Å².